The molecule has 26 heavy (non-hydrogen) atoms. The number of likely N-dealkylation sites (tertiary alicyclic amines) is 1. The first-order valence-corrected chi connectivity index (χ1v) is 8.63. The van der Waals surface area contributed by atoms with Crippen molar-refractivity contribution in [2.24, 2.45) is 0 Å². The summed E-state index contributed by atoms with van der Waals surface area (Å²) < 4.78 is 7.20. The van der Waals surface area contributed by atoms with Crippen LogP contribution in [-0.2, 0) is 11.3 Å². The Morgan fingerprint density at radius 2 is 1.88 bits per heavy atom. The molecule has 0 spiro atoms. The molecular formula is C18H22N4O4. The number of aromatic nitrogens is 2. The maximum absolute atomic E-state index is 12.3. The zero-order chi connectivity index (χ0) is 18.4. The Bertz CT molecular complexity index is 751. The van der Waals surface area contributed by atoms with Crippen LogP contribution in [0, 0.1) is 0 Å². The summed E-state index contributed by atoms with van der Waals surface area (Å²) in [5.74, 6) is 0.749. The third kappa shape index (κ3) is 4.53. The van der Waals surface area contributed by atoms with Gasteiger partial charge in [-0.25, -0.2) is 4.79 Å². The van der Waals surface area contributed by atoms with E-state index in [1.807, 2.05) is 35.2 Å². The van der Waals surface area contributed by atoms with Crippen molar-refractivity contribution in [2.45, 2.75) is 19.4 Å². The van der Waals surface area contributed by atoms with Crippen LogP contribution in [0.4, 0.5) is 4.79 Å². The van der Waals surface area contributed by atoms with Crippen LogP contribution in [0.15, 0.2) is 36.5 Å². The van der Waals surface area contributed by atoms with E-state index in [0.29, 0.717) is 5.75 Å². The van der Waals surface area contributed by atoms with Gasteiger partial charge >= 0.3 is 6.09 Å². The molecule has 8 heteroatoms. The third-order valence-electron chi connectivity index (χ3n) is 4.26. The number of carbonyl (C=O) groups excluding carboxylic acids is 1. The minimum absolute atomic E-state index is 0.0957. The standard InChI is InChI=1S/C18H22N4O4/c23-17(21-10-1-2-11-21)13-22-16(7-8-20-22)14-3-5-15(6-4-14)26-12-9-19-18(24)25/h3-8,19H,1-2,9-13H2,(H,24,25). The molecule has 3 rings (SSSR count). The molecule has 2 N–H and O–H groups in total. The number of rotatable bonds is 7. The van der Waals surface area contributed by atoms with Crippen molar-refractivity contribution in [1.29, 1.82) is 0 Å². The van der Waals surface area contributed by atoms with Crippen LogP contribution in [0.3, 0.4) is 0 Å². The van der Waals surface area contributed by atoms with Crippen molar-refractivity contribution < 1.29 is 19.4 Å². The van der Waals surface area contributed by atoms with Gasteiger partial charge in [-0.05, 0) is 43.2 Å². The molecule has 2 aromatic rings. The van der Waals surface area contributed by atoms with Gasteiger partial charge in [-0.15, -0.1) is 0 Å². The average molecular weight is 358 g/mol. The minimum Gasteiger partial charge on any atom is -0.492 e. The largest absolute Gasteiger partial charge is 0.492 e. The van der Waals surface area contributed by atoms with Gasteiger partial charge in [-0.3, -0.25) is 9.48 Å². The molecule has 138 valence electrons. The Hall–Kier alpha value is -3.03. The molecule has 2 amide bonds. The molecule has 1 aliphatic rings. The average Bonchev–Trinajstić information content (AvgIpc) is 3.31. The molecule has 1 fully saturated rings. The highest BCUT2D eigenvalue weighted by Gasteiger charge is 2.19. The highest BCUT2D eigenvalue weighted by molar-refractivity contribution is 5.77. The first-order valence-electron chi connectivity index (χ1n) is 8.63. The van der Waals surface area contributed by atoms with Crippen LogP contribution in [0.5, 0.6) is 5.75 Å². The second-order valence-corrected chi connectivity index (χ2v) is 6.07. The van der Waals surface area contributed by atoms with Gasteiger partial charge < -0.3 is 20.1 Å². The SMILES string of the molecule is O=C(O)NCCOc1ccc(-c2ccnn2CC(=O)N2CCCC2)cc1. The van der Waals surface area contributed by atoms with E-state index in [9.17, 15) is 9.59 Å². The first-order chi connectivity index (χ1) is 12.6. The highest BCUT2D eigenvalue weighted by Crippen LogP contribution is 2.22. The number of hydrogen-bond donors (Lipinski definition) is 2. The van der Waals surface area contributed by atoms with E-state index in [2.05, 4.69) is 10.4 Å². The van der Waals surface area contributed by atoms with Crippen LogP contribution in [-0.4, -0.2) is 58.0 Å². The number of ether oxygens (including phenoxy) is 1. The van der Waals surface area contributed by atoms with Crippen molar-refractivity contribution in [2.75, 3.05) is 26.2 Å². The molecule has 1 aliphatic heterocycles. The summed E-state index contributed by atoms with van der Waals surface area (Å²) >= 11 is 0. The van der Waals surface area contributed by atoms with Crippen molar-refractivity contribution in [1.82, 2.24) is 20.0 Å². The van der Waals surface area contributed by atoms with E-state index in [1.54, 1.807) is 10.9 Å². The fourth-order valence-electron chi connectivity index (χ4n) is 2.95. The maximum Gasteiger partial charge on any atom is 0.404 e. The summed E-state index contributed by atoms with van der Waals surface area (Å²) in [5.41, 5.74) is 1.81. The van der Waals surface area contributed by atoms with Crippen LogP contribution >= 0.6 is 0 Å². The number of carbonyl (C=O) groups is 2. The fraction of sp³-hybridized carbons (Fsp3) is 0.389. The second kappa shape index (κ2) is 8.37. The molecule has 0 saturated carbocycles. The number of nitrogens with one attached hydrogen (secondary N) is 1. The van der Waals surface area contributed by atoms with Gasteiger partial charge in [-0.1, -0.05) is 0 Å². The van der Waals surface area contributed by atoms with Crippen LogP contribution < -0.4 is 10.1 Å². The summed E-state index contributed by atoms with van der Waals surface area (Å²) in [6, 6.07) is 9.30. The Labute approximate surface area is 151 Å². The number of benzene rings is 1. The van der Waals surface area contributed by atoms with Crippen LogP contribution in [0.1, 0.15) is 12.8 Å². The lowest BCUT2D eigenvalue weighted by molar-refractivity contribution is -0.130. The van der Waals surface area contributed by atoms with Gasteiger partial charge in [0, 0.05) is 24.8 Å². The Morgan fingerprint density at radius 3 is 2.58 bits per heavy atom. The number of carboxylic acid groups (broad SMARTS) is 1. The monoisotopic (exact) mass is 358 g/mol. The molecule has 0 atom stereocenters. The fourth-order valence-corrected chi connectivity index (χ4v) is 2.95. The minimum atomic E-state index is -1.07. The van der Waals surface area contributed by atoms with E-state index in [1.165, 1.54) is 0 Å². The normalized spacial score (nSPS) is 13.6. The third-order valence-corrected chi connectivity index (χ3v) is 4.26. The molecule has 8 nitrogen and oxygen atoms in total. The van der Waals surface area contributed by atoms with Gasteiger partial charge in [0.1, 0.15) is 18.9 Å². The summed E-state index contributed by atoms with van der Waals surface area (Å²) in [4.78, 5) is 24.6. The quantitative estimate of drug-likeness (QED) is 0.736. The molecule has 1 aromatic heterocycles. The summed E-state index contributed by atoms with van der Waals surface area (Å²) in [7, 11) is 0. The Balaban J connectivity index is 1.60. The van der Waals surface area contributed by atoms with E-state index < -0.39 is 6.09 Å². The first kappa shape index (κ1) is 17.8. The van der Waals surface area contributed by atoms with Crippen molar-refractivity contribution in [3.8, 4) is 17.0 Å². The van der Waals surface area contributed by atoms with Crippen molar-refractivity contribution >= 4 is 12.0 Å². The van der Waals surface area contributed by atoms with Gasteiger partial charge in [0.2, 0.25) is 5.91 Å². The molecular weight excluding hydrogens is 336 g/mol. The molecule has 0 unspecified atom stereocenters. The van der Waals surface area contributed by atoms with Gasteiger partial charge in [0.15, 0.2) is 0 Å². The number of hydrogen-bond acceptors (Lipinski definition) is 4. The summed E-state index contributed by atoms with van der Waals surface area (Å²) in [5, 5.41) is 15.0. The van der Waals surface area contributed by atoms with E-state index in [0.717, 1.165) is 37.2 Å². The van der Waals surface area contributed by atoms with Crippen molar-refractivity contribution in [3.05, 3.63) is 36.5 Å². The molecule has 1 aromatic carbocycles. The molecule has 2 heterocycles. The predicted octanol–water partition coefficient (Wildman–Crippen LogP) is 1.82. The lowest BCUT2D eigenvalue weighted by atomic mass is 10.1. The Kier molecular flexibility index (Phi) is 5.73. The second-order valence-electron chi connectivity index (χ2n) is 6.07. The van der Waals surface area contributed by atoms with Gasteiger partial charge in [-0.2, -0.15) is 5.10 Å². The highest BCUT2D eigenvalue weighted by atomic mass is 16.5. The molecule has 0 bridgehead atoms. The van der Waals surface area contributed by atoms with Crippen LogP contribution in [0.25, 0.3) is 11.3 Å². The molecule has 1 saturated heterocycles. The lowest BCUT2D eigenvalue weighted by Gasteiger charge is -2.16. The van der Waals surface area contributed by atoms with Gasteiger partial charge in [0.25, 0.3) is 0 Å². The maximum atomic E-state index is 12.3. The zero-order valence-corrected chi connectivity index (χ0v) is 14.4. The van der Waals surface area contributed by atoms with E-state index in [-0.39, 0.29) is 25.6 Å². The number of nitrogens with zero attached hydrogens (tertiary/aromatic N) is 3. The molecule has 0 radical (unpaired) electrons. The number of amides is 2. The van der Waals surface area contributed by atoms with Gasteiger partial charge in [0.05, 0.1) is 12.2 Å². The summed E-state index contributed by atoms with van der Waals surface area (Å²) in [6.07, 6.45) is 2.76. The smallest absolute Gasteiger partial charge is 0.404 e. The predicted molar refractivity (Wildman–Crippen MR) is 95.0 cm³/mol. The topological polar surface area (TPSA) is 96.7 Å². The zero-order valence-electron chi connectivity index (χ0n) is 14.4. The van der Waals surface area contributed by atoms with E-state index >= 15 is 0 Å². The van der Waals surface area contributed by atoms with E-state index in [4.69, 9.17) is 9.84 Å². The lowest BCUT2D eigenvalue weighted by Crippen LogP contribution is -2.31. The Morgan fingerprint density at radius 1 is 1.15 bits per heavy atom. The summed E-state index contributed by atoms with van der Waals surface area (Å²) in [6.45, 7) is 2.38. The van der Waals surface area contributed by atoms with Crippen LogP contribution in [0.2, 0.25) is 0 Å². The molecule has 0 aliphatic carbocycles. The van der Waals surface area contributed by atoms with Crippen molar-refractivity contribution in [3.63, 3.8) is 0 Å².